The monoisotopic (exact) mass is 389 g/mol. The van der Waals surface area contributed by atoms with E-state index < -0.39 is 24.0 Å². The van der Waals surface area contributed by atoms with Crippen LogP contribution in [0.4, 0.5) is 4.79 Å². The topological polar surface area (TPSA) is 97.4 Å². The summed E-state index contributed by atoms with van der Waals surface area (Å²) >= 11 is 5.97. The number of carbonyl (C=O) groups excluding carboxylic acids is 3. The second-order valence-corrected chi connectivity index (χ2v) is 6.89. The molecule has 1 aliphatic carbocycles. The highest BCUT2D eigenvalue weighted by Gasteiger charge is 2.24. The van der Waals surface area contributed by atoms with E-state index in [4.69, 9.17) is 16.3 Å². The zero-order chi connectivity index (χ0) is 19.4. The molecule has 0 saturated heterocycles. The molecule has 142 valence electrons. The third-order valence-electron chi connectivity index (χ3n) is 4.48. The number of nitrogens with one attached hydrogen (secondary N) is 2. The van der Waals surface area contributed by atoms with Crippen LogP contribution in [0.15, 0.2) is 30.3 Å². The Balaban J connectivity index is 1.63. The molecule has 1 aromatic carbocycles. The van der Waals surface area contributed by atoms with Crippen molar-refractivity contribution in [1.29, 1.82) is 0 Å². The van der Waals surface area contributed by atoms with Crippen molar-refractivity contribution in [3.05, 3.63) is 41.0 Å². The Bertz CT molecular complexity index is 880. The van der Waals surface area contributed by atoms with Crippen molar-refractivity contribution in [2.45, 2.75) is 44.8 Å². The number of ether oxygens (including phenoxy) is 1. The predicted molar refractivity (Wildman–Crippen MR) is 101 cm³/mol. The molecular weight excluding hydrogens is 370 g/mol. The molecule has 0 unspecified atom stereocenters. The zero-order valence-corrected chi connectivity index (χ0v) is 15.6. The van der Waals surface area contributed by atoms with Crippen molar-refractivity contribution in [2.75, 3.05) is 0 Å². The Morgan fingerprint density at radius 3 is 2.67 bits per heavy atom. The lowest BCUT2D eigenvalue weighted by atomic mass is 10.1. The number of fused-ring (bicyclic) bond motifs is 1. The van der Waals surface area contributed by atoms with Crippen molar-refractivity contribution in [1.82, 2.24) is 15.6 Å². The summed E-state index contributed by atoms with van der Waals surface area (Å²) in [6.07, 6.45) is 2.80. The van der Waals surface area contributed by atoms with Gasteiger partial charge in [-0.2, -0.15) is 0 Å². The fourth-order valence-electron chi connectivity index (χ4n) is 3.09. The molecule has 0 aliphatic heterocycles. The predicted octanol–water partition coefficient (Wildman–Crippen LogP) is 3.20. The van der Waals surface area contributed by atoms with E-state index in [9.17, 15) is 14.4 Å². The van der Waals surface area contributed by atoms with E-state index in [0.29, 0.717) is 10.9 Å². The molecule has 8 heteroatoms. The lowest BCUT2D eigenvalue weighted by molar-refractivity contribution is -0.127. The average molecular weight is 390 g/mol. The van der Waals surface area contributed by atoms with Crippen LogP contribution in [0.5, 0.6) is 0 Å². The van der Waals surface area contributed by atoms with Crippen LogP contribution in [0, 0.1) is 0 Å². The van der Waals surface area contributed by atoms with Crippen molar-refractivity contribution in [2.24, 2.45) is 0 Å². The number of benzene rings is 1. The van der Waals surface area contributed by atoms with Crippen LogP contribution in [0.3, 0.4) is 0 Å². The van der Waals surface area contributed by atoms with Gasteiger partial charge in [0.2, 0.25) is 0 Å². The largest absolute Gasteiger partial charge is 0.449 e. The summed E-state index contributed by atoms with van der Waals surface area (Å²) in [4.78, 5) is 40.7. The number of rotatable bonds is 4. The first-order valence-electron chi connectivity index (χ1n) is 8.81. The van der Waals surface area contributed by atoms with E-state index in [0.717, 1.165) is 25.7 Å². The number of amides is 3. The Labute approximate surface area is 161 Å². The van der Waals surface area contributed by atoms with Gasteiger partial charge in [0, 0.05) is 11.4 Å². The SMILES string of the molecule is C[C@H](OC(=O)c1cc(Cl)nc2ccccc12)C(=O)NC(=O)NC1CCCC1. The second-order valence-electron chi connectivity index (χ2n) is 6.50. The lowest BCUT2D eigenvalue weighted by Crippen LogP contribution is -2.47. The minimum absolute atomic E-state index is 0.0842. The molecule has 0 bridgehead atoms. The highest BCUT2D eigenvalue weighted by molar-refractivity contribution is 6.30. The Hall–Kier alpha value is -2.67. The number of nitrogens with zero attached hydrogens (tertiary/aromatic N) is 1. The van der Waals surface area contributed by atoms with Crippen LogP contribution in [0.1, 0.15) is 43.0 Å². The average Bonchev–Trinajstić information content (AvgIpc) is 3.13. The van der Waals surface area contributed by atoms with Gasteiger partial charge in [-0.1, -0.05) is 42.6 Å². The van der Waals surface area contributed by atoms with Gasteiger partial charge in [0.15, 0.2) is 6.10 Å². The molecule has 1 aliphatic rings. The van der Waals surface area contributed by atoms with Gasteiger partial charge in [0.05, 0.1) is 11.1 Å². The number of hydrogen-bond acceptors (Lipinski definition) is 5. The van der Waals surface area contributed by atoms with Gasteiger partial charge >= 0.3 is 12.0 Å². The smallest absolute Gasteiger partial charge is 0.339 e. The maximum absolute atomic E-state index is 12.5. The first-order valence-corrected chi connectivity index (χ1v) is 9.19. The molecule has 1 aromatic heterocycles. The standard InChI is InChI=1S/C19H20ClN3O4/c1-11(17(24)23-19(26)21-12-6-2-3-7-12)27-18(25)14-10-16(20)22-15-9-5-4-8-13(14)15/h4-5,8-12H,2-3,6-7H2,1H3,(H2,21,23,24,26)/t11-/m0/s1. The van der Waals surface area contributed by atoms with Gasteiger partial charge in [-0.3, -0.25) is 10.1 Å². The maximum Gasteiger partial charge on any atom is 0.339 e. The summed E-state index contributed by atoms with van der Waals surface area (Å²) < 4.78 is 5.21. The summed E-state index contributed by atoms with van der Waals surface area (Å²) in [5.74, 6) is -1.40. The van der Waals surface area contributed by atoms with Crippen LogP contribution in [0.2, 0.25) is 5.15 Å². The molecule has 1 heterocycles. The first kappa shape index (κ1) is 19.1. The minimum atomic E-state index is -1.14. The number of imide groups is 1. The molecule has 1 saturated carbocycles. The Kier molecular flexibility index (Phi) is 5.91. The van der Waals surface area contributed by atoms with Crippen molar-refractivity contribution in [3.63, 3.8) is 0 Å². The normalized spacial score (nSPS) is 15.3. The summed E-state index contributed by atoms with van der Waals surface area (Å²) in [5, 5.41) is 5.67. The van der Waals surface area contributed by atoms with Crippen LogP contribution in [0.25, 0.3) is 10.9 Å². The van der Waals surface area contributed by atoms with Gasteiger partial charge in [0.25, 0.3) is 5.91 Å². The fraction of sp³-hybridized carbons (Fsp3) is 0.368. The molecule has 2 aromatic rings. The fourth-order valence-corrected chi connectivity index (χ4v) is 3.29. The number of hydrogen-bond donors (Lipinski definition) is 2. The van der Waals surface area contributed by atoms with Gasteiger partial charge in [-0.25, -0.2) is 14.6 Å². The maximum atomic E-state index is 12.5. The van der Waals surface area contributed by atoms with E-state index >= 15 is 0 Å². The molecule has 2 N–H and O–H groups in total. The van der Waals surface area contributed by atoms with E-state index in [1.807, 2.05) is 0 Å². The Morgan fingerprint density at radius 1 is 1.22 bits per heavy atom. The lowest BCUT2D eigenvalue weighted by Gasteiger charge is -2.16. The van der Waals surface area contributed by atoms with E-state index in [1.165, 1.54) is 13.0 Å². The van der Waals surface area contributed by atoms with Crippen molar-refractivity contribution in [3.8, 4) is 0 Å². The van der Waals surface area contributed by atoms with Crippen molar-refractivity contribution < 1.29 is 19.1 Å². The zero-order valence-electron chi connectivity index (χ0n) is 14.8. The number of para-hydroxylation sites is 1. The third-order valence-corrected chi connectivity index (χ3v) is 4.68. The summed E-state index contributed by atoms with van der Waals surface area (Å²) in [6, 6.07) is 7.88. The molecule has 0 spiro atoms. The van der Waals surface area contributed by atoms with Crippen molar-refractivity contribution >= 4 is 40.4 Å². The van der Waals surface area contributed by atoms with Gasteiger partial charge in [-0.15, -0.1) is 0 Å². The van der Waals surface area contributed by atoms with Crippen LogP contribution < -0.4 is 10.6 Å². The molecule has 1 atom stereocenters. The highest BCUT2D eigenvalue weighted by Crippen LogP contribution is 2.22. The molecule has 1 fully saturated rings. The van der Waals surface area contributed by atoms with Gasteiger partial charge in [0.1, 0.15) is 5.15 Å². The second kappa shape index (κ2) is 8.35. The number of esters is 1. The van der Waals surface area contributed by atoms with Crippen LogP contribution in [-0.4, -0.2) is 35.0 Å². The van der Waals surface area contributed by atoms with E-state index in [2.05, 4.69) is 15.6 Å². The summed E-state index contributed by atoms with van der Waals surface area (Å²) in [6.45, 7) is 1.40. The van der Waals surface area contributed by atoms with Crippen LogP contribution >= 0.6 is 11.6 Å². The molecule has 3 amide bonds. The molecule has 7 nitrogen and oxygen atoms in total. The number of halogens is 1. The number of urea groups is 1. The van der Waals surface area contributed by atoms with E-state index in [-0.39, 0.29) is 16.8 Å². The first-order chi connectivity index (χ1) is 12.9. The van der Waals surface area contributed by atoms with Crippen LogP contribution in [-0.2, 0) is 9.53 Å². The van der Waals surface area contributed by atoms with Gasteiger partial charge < -0.3 is 10.1 Å². The minimum Gasteiger partial charge on any atom is -0.449 e. The van der Waals surface area contributed by atoms with Gasteiger partial charge in [-0.05, 0) is 31.9 Å². The molecular formula is C19H20ClN3O4. The number of aromatic nitrogens is 1. The quantitative estimate of drug-likeness (QED) is 0.618. The third kappa shape index (κ3) is 4.74. The number of carbonyl (C=O) groups is 3. The highest BCUT2D eigenvalue weighted by atomic mass is 35.5. The molecule has 27 heavy (non-hydrogen) atoms. The Morgan fingerprint density at radius 2 is 1.93 bits per heavy atom. The number of pyridine rings is 1. The molecule has 0 radical (unpaired) electrons. The molecule has 3 rings (SSSR count). The van der Waals surface area contributed by atoms with E-state index in [1.54, 1.807) is 24.3 Å². The summed E-state index contributed by atoms with van der Waals surface area (Å²) in [7, 11) is 0. The summed E-state index contributed by atoms with van der Waals surface area (Å²) in [5.41, 5.74) is 0.755.